The Balaban J connectivity index is 2.42. The smallest absolute Gasteiger partial charge is 0.326 e. The second kappa shape index (κ2) is 18.6. The SMILES string of the molecule is N[C@@H](CO)C(=O)N[C@@H](CCC(=O)O)C(=O)N[C@@H](Cc1c[nH]c2ccccc12)C(=O)N[C@@H](CCC(=O)O)C(=O)N[C@@H](CCC(=O)O)C(=O)O. The van der Waals surface area contributed by atoms with Crippen LogP contribution in [0.4, 0.5) is 0 Å². The molecule has 0 bridgehead atoms. The van der Waals surface area contributed by atoms with E-state index in [9.17, 15) is 53.7 Å². The van der Waals surface area contributed by atoms with Crippen molar-refractivity contribution in [3.63, 3.8) is 0 Å². The average molecular weight is 679 g/mol. The number of rotatable bonds is 21. The molecular weight excluding hydrogens is 640 g/mol. The van der Waals surface area contributed by atoms with Crippen molar-refractivity contribution in [3.05, 3.63) is 36.0 Å². The number of benzene rings is 1. The Labute approximate surface area is 272 Å². The normalized spacial score (nSPS) is 14.0. The highest BCUT2D eigenvalue weighted by Gasteiger charge is 2.33. The summed E-state index contributed by atoms with van der Waals surface area (Å²) in [7, 11) is 0. The number of fused-ring (bicyclic) bond motifs is 1. The molecule has 0 fully saturated rings. The Morgan fingerprint density at radius 3 is 1.58 bits per heavy atom. The van der Waals surface area contributed by atoms with Crippen molar-refractivity contribution in [2.75, 3.05) is 6.61 Å². The fourth-order valence-electron chi connectivity index (χ4n) is 4.51. The highest BCUT2D eigenvalue weighted by molar-refractivity contribution is 5.96. The number of para-hydroxylation sites is 1. The monoisotopic (exact) mass is 678 g/mol. The number of carbonyl (C=O) groups excluding carboxylic acids is 4. The standard InChI is InChI=1S/C29H38N6O13/c30-16(13-36)25(43)32-18(5-8-22(37)38)27(45)35-21(11-14-12-31-17-4-2-1-3-15(14)17)28(46)33-19(6-9-23(39)40)26(44)34-20(29(47)48)7-10-24(41)42/h1-4,12,16,18-21,31,36H,5-11,13,30H2,(H,32,43)(H,33,46)(H,34,44)(H,35,45)(H,37,38)(H,39,40)(H,41,42)(H,47,48)/t16-,18-,19-,20-,21-/m0/s1. The number of nitrogens with one attached hydrogen (secondary N) is 5. The van der Waals surface area contributed by atoms with Gasteiger partial charge in [0.05, 0.1) is 6.61 Å². The summed E-state index contributed by atoms with van der Waals surface area (Å²) >= 11 is 0. The van der Waals surface area contributed by atoms with E-state index in [0.29, 0.717) is 16.5 Å². The van der Waals surface area contributed by atoms with Gasteiger partial charge in [0.2, 0.25) is 23.6 Å². The molecule has 0 aliphatic heterocycles. The van der Waals surface area contributed by atoms with Gasteiger partial charge in [-0.05, 0) is 30.9 Å². The van der Waals surface area contributed by atoms with Crippen LogP contribution in [0.5, 0.6) is 0 Å². The zero-order valence-corrected chi connectivity index (χ0v) is 25.5. The summed E-state index contributed by atoms with van der Waals surface area (Å²) in [6.07, 6.45) is -2.03. The molecule has 0 saturated heterocycles. The van der Waals surface area contributed by atoms with E-state index in [4.69, 9.17) is 15.9 Å². The summed E-state index contributed by atoms with van der Waals surface area (Å²) in [4.78, 5) is 101. The third-order valence-electron chi connectivity index (χ3n) is 7.09. The highest BCUT2D eigenvalue weighted by Crippen LogP contribution is 2.19. The maximum Gasteiger partial charge on any atom is 0.326 e. The number of aliphatic hydroxyl groups excluding tert-OH is 1. The number of amides is 4. The first kappa shape index (κ1) is 38.6. The van der Waals surface area contributed by atoms with Gasteiger partial charge in [-0.3, -0.25) is 33.6 Å². The van der Waals surface area contributed by atoms with Crippen LogP contribution in [-0.4, -0.2) is 115 Å². The minimum atomic E-state index is -1.69. The lowest BCUT2D eigenvalue weighted by atomic mass is 10.0. The molecule has 2 rings (SSSR count). The summed E-state index contributed by atoms with van der Waals surface area (Å²) in [5.41, 5.74) is 6.68. The van der Waals surface area contributed by atoms with E-state index in [1.54, 1.807) is 30.5 Å². The average Bonchev–Trinajstić information content (AvgIpc) is 3.44. The molecule has 1 heterocycles. The summed E-state index contributed by atoms with van der Waals surface area (Å²) in [6, 6.07) is -0.958. The Bertz CT molecular complexity index is 1510. The van der Waals surface area contributed by atoms with Crippen molar-refractivity contribution >= 4 is 58.4 Å². The van der Waals surface area contributed by atoms with Crippen LogP contribution in [0.15, 0.2) is 30.5 Å². The van der Waals surface area contributed by atoms with Crippen molar-refractivity contribution in [1.82, 2.24) is 26.3 Å². The van der Waals surface area contributed by atoms with Gasteiger partial charge in [0, 0.05) is 42.8 Å². The van der Waals surface area contributed by atoms with Crippen LogP contribution in [0.25, 0.3) is 10.9 Å². The second-order valence-corrected chi connectivity index (χ2v) is 10.7. The molecule has 1 aromatic carbocycles. The summed E-state index contributed by atoms with van der Waals surface area (Å²) in [5.74, 6) is -9.76. The van der Waals surface area contributed by atoms with Crippen molar-refractivity contribution in [3.8, 4) is 0 Å². The van der Waals surface area contributed by atoms with Gasteiger partial charge >= 0.3 is 23.9 Å². The predicted octanol–water partition coefficient (Wildman–Crippen LogP) is -2.35. The molecule has 2 aromatic rings. The molecule has 5 atom stereocenters. The van der Waals surface area contributed by atoms with Crippen LogP contribution in [0.2, 0.25) is 0 Å². The fourth-order valence-corrected chi connectivity index (χ4v) is 4.51. The number of nitrogens with two attached hydrogens (primary N) is 1. The summed E-state index contributed by atoms with van der Waals surface area (Å²) in [5, 5.41) is 55.7. The van der Waals surface area contributed by atoms with E-state index in [1.807, 2.05) is 0 Å². The Kier molecular flexibility index (Phi) is 14.9. The van der Waals surface area contributed by atoms with Gasteiger partial charge in [0.25, 0.3) is 0 Å². The van der Waals surface area contributed by atoms with E-state index in [-0.39, 0.29) is 6.42 Å². The molecule has 19 heteroatoms. The number of carbonyl (C=O) groups is 8. The van der Waals surface area contributed by atoms with Gasteiger partial charge in [-0.15, -0.1) is 0 Å². The number of carboxylic acids is 4. The molecule has 0 unspecified atom stereocenters. The molecule has 12 N–H and O–H groups in total. The van der Waals surface area contributed by atoms with E-state index in [0.717, 1.165) is 0 Å². The lowest BCUT2D eigenvalue weighted by Crippen LogP contribution is -2.59. The molecule has 1 aromatic heterocycles. The molecule has 19 nitrogen and oxygen atoms in total. The third kappa shape index (κ3) is 12.3. The lowest BCUT2D eigenvalue weighted by Gasteiger charge is -2.26. The van der Waals surface area contributed by atoms with Crippen molar-refractivity contribution in [2.45, 2.75) is 75.2 Å². The number of H-pyrrole nitrogens is 1. The number of aliphatic carboxylic acids is 4. The van der Waals surface area contributed by atoms with Crippen molar-refractivity contribution in [2.24, 2.45) is 5.73 Å². The Morgan fingerprint density at radius 1 is 0.646 bits per heavy atom. The van der Waals surface area contributed by atoms with Gasteiger partial charge in [-0.2, -0.15) is 0 Å². The molecule has 0 spiro atoms. The summed E-state index contributed by atoms with van der Waals surface area (Å²) < 4.78 is 0. The van der Waals surface area contributed by atoms with Crippen molar-refractivity contribution < 1.29 is 63.9 Å². The van der Waals surface area contributed by atoms with Crippen LogP contribution < -0.4 is 27.0 Å². The molecule has 0 saturated carbocycles. The first-order valence-corrected chi connectivity index (χ1v) is 14.6. The Hall–Kier alpha value is -5.56. The topological polar surface area (TPSA) is 328 Å². The zero-order valence-electron chi connectivity index (χ0n) is 25.5. The van der Waals surface area contributed by atoms with Crippen molar-refractivity contribution in [1.29, 1.82) is 0 Å². The summed E-state index contributed by atoms with van der Waals surface area (Å²) in [6.45, 7) is -0.788. The number of carboxylic acid groups (broad SMARTS) is 4. The number of hydrogen-bond donors (Lipinski definition) is 11. The number of hydrogen-bond acceptors (Lipinski definition) is 10. The maximum absolute atomic E-state index is 13.7. The molecule has 0 aliphatic carbocycles. The first-order valence-electron chi connectivity index (χ1n) is 14.6. The first-order chi connectivity index (χ1) is 22.6. The molecular formula is C29H38N6O13. The van der Waals surface area contributed by atoms with Crippen LogP contribution in [0.1, 0.15) is 44.1 Å². The Morgan fingerprint density at radius 2 is 1.08 bits per heavy atom. The van der Waals surface area contributed by atoms with Gasteiger partial charge < -0.3 is 57.5 Å². The van der Waals surface area contributed by atoms with E-state index >= 15 is 0 Å². The van der Waals surface area contributed by atoms with Gasteiger partial charge in [0.1, 0.15) is 30.2 Å². The van der Waals surface area contributed by atoms with Gasteiger partial charge in [-0.25, -0.2) is 4.79 Å². The predicted molar refractivity (Wildman–Crippen MR) is 163 cm³/mol. The highest BCUT2D eigenvalue weighted by atomic mass is 16.4. The number of aromatic nitrogens is 1. The molecule has 48 heavy (non-hydrogen) atoms. The van der Waals surface area contributed by atoms with Crippen LogP contribution >= 0.6 is 0 Å². The van der Waals surface area contributed by atoms with Crippen LogP contribution in [0, 0.1) is 0 Å². The number of aliphatic hydroxyl groups is 1. The zero-order chi connectivity index (χ0) is 36.0. The molecule has 0 aliphatic rings. The quantitative estimate of drug-likeness (QED) is 0.0659. The van der Waals surface area contributed by atoms with E-state index in [2.05, 4.69) is 26.3 Å². The maximum atomic E-state index is 13.7. The van der Waals surface area contributed by atoms with E-state index < -0.39 is 123 Å². The molecule has 262 valence electrons. The van der Waals surface area contributed by atoms with Crippen LogP contribution in [0.3, 0.4) is 0 Å². The minimum Gasteiger partial charge on any atom is -0.481 e. The fraction of sp³-hybridized carbons (Fsp3) is 0.448. The largest absolute Gasteiger partial charge is 0.481 e. The minimum absolute atomic E-state index is 0.235. The lowest BCUT2D eigenvalue weighted by molar-refractivity contribution is -0.144. The second-order valence-electron chi connectivity index (χ2n) is 10.7. The van der Waals surface area contributed by atoms with Crippen LogP contribution in [-0.2, 0) is 44.8 Å². The molecule has 4 amide bonds. The van der Waals surface area contributed by atoms with E-state index in [1.165, 1.54) is 0 Å². The third-order valence-corrected chi connectivity index (χ3v) is 7.09. The van der Waals surface area contributed by atoms with Gasteiger partial charge in [0.15, 0.2) is 0 Å². The van der Waals surface area contributed by atoms with Gasteiger partial charge in [-0.1, -0.05) is 18.2 Å². The molecule has 0 radical (unpaired) electrons. The number of aromatic amines is 1.